The number of sulfonamides is 1. The number of ether oxygens (including phenoxy) is 1. The van der Waals surface area contributed by atoms with Crippen LogP contribution in [0.15, 0.2) is 47.4 Å². The zero-order valence-corrected chi connectivity index (χ0v) is 18.1. The van der Waals surface area contributed by atoms with E-state index in [1.165, 1.54) is 21.9 Å². The molecule has 4 rings (SSSR count). The van der Waals surface area contributed by atoms with Crippen LogP contribution in [0.2, 0.25) is 0 Å². The van der Waals surface area contributed by atoms with Gasteiger partial charge < -0.3 is 10.1 Å². The molecule has 160 valence electrons. The Morgan fingerprint density at radius 3 is 2.47 bits per heavy atom. The van der Waals surface area contributed by atoms with Gasteiger partial charge in [-0.2, -0.15) is 4.31 Å². The van der Waals surface area contributed by atoms with Crippen LogP contribution >= 0.6 is 0 Å². The van der Waals surface area contributed by atoms with Crippen molar-refractivity contribution >= 4 is 21.6 Å². The number of piperidine rings is 1. The summed E-state index contributed by atoms with van der Waals surface area (Å²) >= 11 is 0. The van der Waals surface area contributed by atoms with E-state index < -0.39 is 10.0 Å². The highest BCUT2D eigenvalue weighted by atomic mass is 32.2. The summed E-state index contributed by atoms with van der Waals surface area (Å²) in [7, 11) is -3.56. The molecule has 0 bridgehead atoms. The van der Waals surface area contributed by atoms with Gasteiger partial charge in [0.25, 0.3) is 0 Å². The maximum atomic E-state index is 12.9. The predicted molar refractivity (Wildman–Crippen MR) is 116 cm³/mol. The Morgan fingerprint density at radius 2 is 1.77 bits per heavy atom. The standard InChI is InChI=1S/C23H28N2O4S/c1-2-29-21-8-10-22(11-9-21)30(27,28)25-14-12-18(13-15-25)23(26)24-20-7-6-17-4-3-5-19(17)16-20/h6-11,16,18H,2-5,12-15H2,1H3,(H,24,26). The second-order valence-electron chi connectivity index (χ2n) is 7.91. The fourth-order valence-electron chi connectivity index (χ4n) is 4.28. The highest BCUT2D eigenvalue weighted by Gasteiger charge is 2.32. The largest absolute Gasteiger partial charge is 0.494 e. The van der Waals surface area contributed by atoms with Gasteiger partial charge in [0, 0.05) is 24.7 Å². The third kappa shape index (κ3) is 4.37. The van der Waals surface area contributed by atoms with E-state index in [-0.39, 0.29) is 16.7 Å². The molecule has 0 atom stereocenters. The van der Waals surface area contributed by atoms with Gasteiger partial charge in [0.1, 0.15) is 5.75 Å². The van der Waals surface area contributed by atoms with Crippen molar-refractivity contribution in [1.29, 1.82) is 0 Å². The van der Waals surface area contributed by atoms with Gasteiger partial charge in [0.15, 0.2) is 0 Å². The molecule has 0 spiro atoms. The molecule has 1 aliphatic heterocycles. The number of benzene rings is 2. The molecule has 2 aliphatic rings. The lowest BCUT2D eigenvalue weighted by molar-refractivity contribution is -0.120. The first-order chi connectivity index (χ1) is 14.5. The van der Waals surface area contributed by atoms with Crippen molar-refractivity contribution in [3.8, 4) is 5.75 Å². The number of carbonyl (C=O) groups is 1. The van der Waals surface area contributed by atoms with Gasteiger partial charge in [-0.3, -0.25) is 4.79 Å². The molecule has 0 unspecified atom stereocenters. The number of anilines is 1. The molecule has 1 heterocycles. The van der Waals surface area contributed by atoms with Gasteiger partial charge in [-0.15, -0.1) is 0 Å². The average Bonchev–Trinajstić information content (AvgIpc) is 3.22. The van der Waals surface area contributed by atoms with Crippen LogP contribution in [0.3, 0.4) is 0 Å². The SMILES string of the molecule is CCOc1ccc(S(=O)(=O)N2CCC(C(=O)Nc3ccc4c(c3)CCC4)CC2)cc1. The molecular formula is C23H28N2O4S. The molecular weight excluding hydrogens is 400 g/mol. The molecule has 6 nitrogen and oxygen atoms in total. The molecule has 7 heteroatoms. The van der Waals surface area contributed by atoms with Crippen LogP contribution in [0.4, 0.5) is 5.69 Å². The number of hydrogen-bond donors (Lipinski definition) is 1. The summed E-state index contributed by atoms with van der Waals surface area (Å²) in [6.45, 7) is 3.11. The molecule has 1 fully saturated rings. The van der Waals surface area contributed by atoms with Crippen LogP contribution in [0.1, 0.15) is 37.3 Å². The zero-order chi connectivity index (χ0) is 21.1. The minimum Gasteiger partial charge on any atom is -0.494 e. The Kier molecular flexibility index (Phi) is 6.11. The van der Waals surface area contributed by atoms with Crippen molar-refractivity contribution in [1.82, 2.24) is 4.31 Å². The van der Waals surface area contributed by atoms with E-state index >= 15 is 0 Å². The first kappa shape index (κ1) is 20.9. The minimum atomic E-state index is -3.56. The van der Waals surface area contributed by atoms with E-state index in [0.717, 1.165) is 18.5 Å². The summed E-state index contributed by atoms with van der Waals surface area (Å²) in [4.78, 5) is 13.0. The molecule has 2 aromatic rings. The van der Waals surface area contributed by atoms with Crippen LogP contribution in [-0.2, 0) is 27.7 Å². The lowest BCUT2D eigenvalue weighted by Crippen LogP contribution is -2.41. The lowest BCUT2D eigenvalue weighted by atomic mass is 9.97. The Bertz CT molecular complexity index is 1010. The number of carbonyl (C=O) groups excluding carboxylic acids is 1. The Hall–Kier alpha value is -2.38. The van der Waals surface area contributed by atoms with E-state index in [9.17, 15) is 13.2 Å². The second-order valence-corrected chi connectivity index (χ2v) is 9.85. The van der Waals surface area contributed by atoms with Gasteiger partial charge in [0.05, 0.1) is 11.5 Å². The van der Waals surface area contributed by atoms with Gasteiger partial charge in [-0.25, -0.2) is 8.42 Å². The van der Waals surface area contributed by atoms with Crippen molar-refractivity contribution in [3.63, 3.8) is 0 Å². The molecule has 2 aromatic carbocycles. The van der Waals surface area contributed by atoms with Crippen molar-refractivity contribution in [3.05, 3.63) is 53.6 Å². The van der Waals surface area contributed by atoms with Crippen LogP contribution in [0.5, 0.6) is 5.75 Å². The van der Waals surface area contributed by atoms with Gasteiger partial charge in [-0.1, -0.05) is 6.07 Å². The Labute approximate surface area is 178 Å². The van der Waals surface area contributed by atoms with Crippen molar-refractivity contribution < 1.29 is 17.9 Å². The summed E-state index contributed by atoms with van der Waals surface area (Å²) in [6.07, 6.45) is 4.40. The number of rotatable bonds is 6. The third-order valence-electron chi connectivity index (χ3n) is 5.96. The molecule has 1 aliphatic carbocycles. The second kappa shape index (κ2) is 8.78. The smallest absolute Gasteiger partial charge is 0.243 e. The molecule has 0 saturated carbocycles. The van der Waals surface area contributed by atoms with E-state index in [4.69, 9.17) is 4.74 Å². The van der Waals surface area contributed by atoms with Gasteiger partial charge in [0.2, 0.25) is 15.9 Å². The summed E-state index contributed by atoms with van der Waals surface area (Å²) in [6, 6.07) is 12.6. The minimum absolute atomic E-state index is 0.0222. The fraction of sp³-hybridized carbons (Fsp3) is 0.435. The molecule has 1 amide bonds. The lowest BCUT2D eigenvalue weighted by Gasteiger charge is -2.30. The highest BCUT2D eigenvalue weighted by Crippen LogP contribution is 2.28. The van der Waals surface area contributed by atoms with Crippen molar-refractivity contribution in [2.24, 2.45) is 5.92 Å². The number of nitrogens with one attached hydrogen (secondary N) is 1. The summed E-state index contributed by atoms with van der Waals surface area (Å²) < 4.78 is 32.7. The normalized spacial score (nSPS) is 17.5. The van der Waals surface area contributed by atoms with Gasteiger partial charge >= 0.3 is 0 Å². The Morgan fingerprint density at radius 1 is 1.07 bits per heavy atom. The van der Waals surface area contributed by atoms with E-state index in [1.54, 1.807) is 24.3 Å². The topological polar surface area (TPSA) is 75.7 Å². The third-order valence-corrected chi connectivity index (χ3v) is 7.88. The average molecular weight is 429 g/mol. The number of amides is 1. The van der Waals surface area contributed by atoms with Crippen molar-refractivity contribution in [2.75, 3.05) is 25.0 Å². The molecule has 0 radical (unpaired) electrons. The van der Waals surface area contributed by atoms with E-state index in [0.29, 0.717) is 38.3 Å². The molecule has 1 saturated heterocycles. The molecule has 1 N–H and O–H groups in total. The monoisotopic (exact) mass is 428 g/mol. The van der Waals surface area contributed by atoms with Crippen LogP contribution in [0.25, 0.3) is 0 Å². The Balaban J connectivity index is 1.35. The predicted octanol–water partition coefficient (Wildman–Crippen LogP) is 3.61. The van der Waals surface area contributed by atoms with E-state index in [2.05, 4.69) is 17.4 Å². The first-order valence-corrected chi connectivity index (χ1v) is 12.1. The van der Waals surface area contributed by atoms with Crippen LogP contribution in [-0.4, -0.2) is 38.3 Å². The molecule has 0 aromatic heterocycles. The summed E-state index contributed by atoms with van der Waals surface area (Å²) in [5, 5.41) is 3.02. The maximum Gasteiger partial charge on any atom is 0.243 e. The highest BCUT2D eigenvalue weighted by molar-refractivity contribution is 7.89. The fourth-order valence-corrected chi connectivity index (χ4v) is 5.75. The number of fused-ring (bicyclic) bond motifs is 1. The first-order valence-electron chi connectivity index (χ1n) is 10.6. The number of aryl methyl sites for hydroxylation is 2. The maximum absolute atomic E-state index is 12.9. The number of nitrogens with zero attached hydrogens (tertiary/aromatic N) is 1. The van der Waals surface area contributed by atoms with Crippen LogP contribution < -0.4 is 10.1 Å². The quantitative estimate of drug-likeness (QED) is 0.763. The zero-order valence-electron chi connectivity index (χ0n) is 17.3. The molecule has 30 heavy (non-hydrogen) atoms. The summed E-state index contributed by atoms with van der Waals surface area (Å²) in [5.74, 6) is 0.453. The number of hydrogen-bond acceptors (Lipinski definition) is 4. The van der Waals surface area contributed by atoms with Crippen LogP contribution in [0, 0.1) is 5.92 Å². The summed E-state index contributed by atoms with van der Waals surface area (Å²) in [5.41, 5.74) is 3.54. The van der Waals surface area contributed by atoms with Gasteiger partial charge in [-0.05, 0) is 86.6 Å². The van der Waals surface area contributed by atoms with E-state index in [1.807, 2.05) is 13.0 Å². The van der Waals surface area contributed by atoms with Crippen molar-refractivity contribution in [2.45, 2.75) is 43.9 Å².